The Kier molecular flexibility index (Phi) is 6.84. The van der Waals surface area contributed by atoms with Crippen LogP contribution in [-0.2, 0) is 18.3 Å². The first-order valence-electron chi connectivity index (χ1n) is 9.16. The van der Waals surface area contributed by atoms with E-state index >= 15 is 0 Å². The molecular formula is C18H34N6O. The number of hydrogen-bond donors (Lipinski definition) is 2. The fraction of sp³-hybridized carbons (Fsp3) is 0.778. The molecule has 7 heteroatoms. The third-order valence-corrected chi connectivity index (χ3v) is 5.36. The standard InChI is InChI=1S/C18H34N6O/c1-7-19-17(20-12-16-14(2)22-24(6)15(16)3)21-13-18(23(4)5)8-10-25-11-9-18/h7-13H2,1-6H3,(H2,19,20,21). The van der Waals surface area contributed by atoms with Gasteiger partial charge in [-0.25, -0.2) is 4.99 Å². The van der Waals surface area contributed by atoms with Gasteiger partial charge in [0.2, 0.25) is 0 Å². The van der Waals surface area contributed by atoms with Crippen molar-refractivity contribution in [3.63, 3.8) is 0 Å². The van der Waals surface area contributed by atoms with Gasteiger partial charge in [0.1, 0.15) is 0 Å². The third kappa shape index (κ3) is 4.73. The quantitative estimate of drug-likeness (QED) is 0.596. The average molecular weight is 351 g/mol. The van der Waals surface area contributed by atoms with Crippen LogP contribution in [0.2, 0.25) is 0 Å². The predicted octanol–water partition coefficient (Wildman–Crippen LogP) is 1.20. The summed E-state index contributed by atoms with van der Waals surface area (Å²) in [5.41, 5.74) is 3.54. The largest absolute Gasteiger partial charge is 0.381 e. The Hall–Kier alpha value is -1.60. The van der Waals surface area contributed by atoms with Gasteiger partial charge in [0, 0.05) is 50.1 Å². The summed E-state index contributed by atoms with van der Waals surface area (Å²) in [7, 11) is 6.28. The molecule has 2 N–H and O–H groups in total. The van der Waals surface area contributed by atoms with Crippen LogP contribution in [0.4, 0.5) is 0 Å². The summed E-state index contributed by atoms with van der Waals surface area (Å²) >= 11 is 0. The number of guanidine groups is 1. The zero-order chi connectivity index (χ0) is 18.4. The minimum absolute atomic E-state index is 0.120. The molecule has 0 aliphatic carbocycles. The molecule has 0 saturated carbocycles. The Balaban J connectivity index is 2.06. The van der Waals surface area contributed by atoms with E-state index in [2.05, 4.69) is 48.6 Å². The Morgan fingerprint density at radius 3 is 2.48 bits per heavy atom. The number of ether oxygens (including phenoxy) is 1. The van der Waals surface area contributed by atoms with Gasteiger partial charge < -0.3 is 20.3 Å². The molecule has 0 amide bonds. The van der Waals surface area contributed by atoms with Crippen molar-refractivity contribution < 1.29 is 4.74 Å². The summed E-state index contributed by atoms with van der Waals surface area (Å²) in [6.45, 7) is 10.2. The fourth-order valence-electron chi connectivity index (χ4n) is 3.33. The highest BCUT2D eigenvalue weighted by Crippen LogP contribution is 2.25. The number of aromatic nitrogens is 2. The van der Waals surface area contributed by atoms with Crippen molar-refractivity contribution in [1.29, 1.82) is 0 Å². The molecule has 1 aliphatic heterocycles. The number of aryl methyl sites for hydroxylation is 2. The fourth-order valence-corrected chi connectivity index (χ4v) is 3.33. The van der Waals surface area contributed by atoms with Crippen molar-refractivity contribution >= 4 is 5.96 Å². The molecule has 2 heterocycles. The maximum Gasteiger partial charge on any atom is 0.191 e. The first-order chi connectivity index (χ1) is 11.9. The molecule has 1 saturated heterocycles. The van der Waals surface area contributed by atoms with Crippen LogP contribution in [0.3, 0.4) is 0 Å². The molecule has 0 radical (unpaired) electrons. The number of rotatable bonds is 6. The molecule has 142 valence electrons. The Morgan fingerprint density at radius 2 is 1.96 bits per heavy atom. The molecule has 0 unspecified atom stereocenters. The summed E-state index contributed by atoms with van der Waals surface area (Å²) in [6.07, 6.45) is 2.07. The normalized spacial score (nSPS) is 17.8. The van der Waals surface area contributed by atoms with Crippen LogP contribution in [0.5, 0.6) is 0 Å². The van der Waals surface area contributed by atoms with Crippen molar-refractivity contribution in [3.05, 3.63) is 17.0 Å². The first kappa shape index (κ1) is 19.7. The van der Waals surface area contributed by atoms with Crippen molar-refractivity contribution in [2.45, 2.75) is 45.7 Å². The van der Waals surface area contributed by atoms with E-state index in [1.54, 1.807) is 0 Å². The van der Waals surface area contributed by atoms with E-state index in [1.165, 1.54) is 11.3 Å². The van der Waals surface area contributed by atoms with Crippen LogP contribution in [0.1, 0.15) is 36.7 Å². The van der Waals surface area contributed by atoms with E-state index in [9.17, 15) is 0 Å². The zero-order valence-electron chi connectivity index (χ0n) is 16.6. The van der Waals surface area contributed by atoms with Crippen molar-refractivity contribution in [2.75, 3.05) is 40.4 Å². The highest BCUT2D eigenvalue weighted by atomic mass is 16.5. The lowest BCUT2D eigenvalue weighted by molar-refractivity contribution is -0.00501. The van der Waals surface area contributed by atoms with Gasteiger partial charge in [0.05, 0.1) is 12.2 Å². The Morgan fingerprint density at radius 1 is 1.28 bits per heavy atom. The molecule has 0 spiro atoms. The van der Waals surface area contributed by atoms with Crippen molar-refractivity contribution in [1.82, 2.24) is 25.3 Å². The number of nitrogens with one attached hydrogen (secondary N) is 2. The summed E-state index contributed by atoms with van der Waals surface area (Å²) in [5, 5.41) is 11.4. The van der Waals surface area contributed by atoms with E-state index in [-0.39, 0.29) is 5.54 Å². The van der Waals surface area contributed by atoms with Gasteiger partial charge in [0.15, 0.2) is 5.96 Å². The van der Waals surface area contributed by atoms with Gasteiger partial charge in [-0.15, -0.1) is 0 Å². The minimum atomic E-state index is 0.120. The molecule has 0 bridgehead atoms. The number of nitrogens with zero attached hydrogens (tertiary/aromatic N) is 4. The summed E-state index contributed by atoms with van der Waals surface area (Å²) in [6, 6.07) is 0. The van der Waals surface area contributed by atoms with Crippen LogP contribution in [-0.4, -0.2) is 66.6 Å². The van der Waals surface area contributed by atoms with Crippen LogP contribution < -0.4 is 10.6 Å². The lowest BCUT2D eigenvalue weighted by Crippen LogP contribution is -2.57. The third-order valence-electron chi connectivity index (χ3n) is 5.36. The van der Waals surface area contributed by atoms with E-state index in [0.29, 0.717) is 6.54 Å². The second-order valence-corrected chi connectivity index (χ2v) is 7.05. The number of aliphatic imine (C=N–C) groups is 1. The van der Waals surface area contributed by atoms with E-state index < -0.39 is 0 Å². The second-order valence-electron chi connectivity index (χ2n) is 7.05. The minimum Gasteiger partial charge on any atom is -0.381 e. The van der Waals surface area contributed by atoms with Crippen LogP contribution in [0.15, 0.2) is 4.99 Å². The second kappa shape index (κ2) is 8.67. The van der Waals surface area contributed by atoms with Gasteiger partial charge in [-0.1, -0.05) is 0 Å². The van der Waals surface area contributed by atoms with E-state index in [0.717, 1.165) is 50.8 Å². The van der Waals surface area contributed by atoms with Crippen LogP contribution >= 0.6 is 0 Å². The molecule has 0 atom stereocenters. The van der Waals surface area contributed by atoms with Crippen LogP contribution in [0, 0.1) is 13.8 Å². The van der Waals surface area contributed by atoms with Crippen molar-refractivity contribution in [3.8, 4) is 0 Å². The monoisotopic (exact) mass is 350 g/mol. The predicted molar refractivity (Wildman–Crippen MR) is 102 cm³/mol. The molecule has 1 fully saturated rings. The lowest BCUT2D eigenvalue weighted by Gasteiger charge is -2.43. The topological polar surface area (TPSA) is 66.7 Å². The van der Waals surface area contributed by atoms with Crippen LogP contribution in [0.25, 0.3) is 0 Å². The van der Waals surface area contributed by atoms with E-state index in [4.69, 9.17) is 9.73 Å². The average Bonchev–Trinajstić information content (AvgIpc) is 2.83. The smallest absolute Gasteiger partial charge is 0.191 e. The summed E-state index contributed by atoms with van der Waals surface area (Å²) in [4.78, 5) is 7.11. The Bertz CT molecular complexity index is 587. The number of likely N-dealkylation sites (N-methyl/N-ethyl adjacent to an activating group) is 1. The first-order valence-corrected chi connectivity index (χ1v) is 9.16. The number of hydrogen-bond acceptors (Lipinski definition) is 4. The van der Waals surface area contributed by atoms with Crippen molar-refractivity contribution in [2.24, 2.45) is 12.0 Å². The molecule has 1 aliphatic rings. The maximum atomic E-state index is 5.55. The SMILES string of the molecule is CCNC(=NCc1c(C)nn(C)c1C)NCC1(N(C)C)CCOCC1. The maximum absolute atomic E-state index is 5.55. The molecule has 1 aromatic heterocycles. The molecule has 7 nitrogen and oxygen atoms in total. The molecule has 0 aromatic carbocycles. The van der Waals surface area contributed by atoms with Gasteiger partial charge in [-0.05, 0) is 47.7 Å². The van der Waals surface area contributed by atoms with E-state index in [1.807, 2.05) is 18.7 Å². The Labute approximate surface area is 151 Å². The van der Waals surface area contributed by atoms with Gasteiger partial charge in [-0.2, -0.15) is 5.10 Å². The van der Waals surface area contributed by atoms with Gasteiger partial charge in [0.25, 0.3) is 0 Å². The molecule has 1 aromatic rings. The highest BCUT2D eigenvalue weighted by Gasteiger charge is 2.34. The zero-order valence-corrected chi connectivity index (χ0v) is 16.6. The van der Waals surface area contributed by atoms with Gasteiger partial charge in [-0.3, -0.25) is 4.68 Å². The molecule has 25 heavy (non-hydrogen) atoms. The summed E-state index contributed by atoms with van der Waals surface area (Å²) < 4.78 is 7.47. The summed E-state index contributed by atoms with van der Waals surface area (Å²) in [5.74, 6) is 0.859. The molecular weight excluding hydrogens is 316 g/mol. The lowest BCUT2D eigenvalue weighted by atomic mass is 9.88. The highest BCUT2D eigenvalue weighted by molar-refractivity contribution is 5.79. The van der Waals surface area contributed by atoms with Gasteiger partial charge >= 0.3 is 0 Å². The molecule has 2 rings (SSSR count).